The fraction of sp³-hybridized carbons (Fsp3) is 0.538. The van der Waals surface area contributed by atoms with E-state index >= 15 is 0 Å². The number of hydrogen-bond acceptors (Lipinski definition) is 4. The van der Waals surface area contributed by atoms with Gasteiger partial charge >= 0.3 is 15.6 Å². The maximum Gasteiger partial charge on any atom is 0.534 e. The van der Waals surface area contributed by atoms with E-state index in [1.165, 1.54) is 6.07 Å². The van der Waals surface area contributed by atoms with Crippen LogP contribution in [0.4, 0.5) is 13.2 Å². The molecule has 3 rings (SSSR count). The van der Waals surface area contributed by atoms with Gasteiger partial charge in [-0.2, -0.15) is 21.6 Å². The van der Waals surface area contributed by atoms with Gasteiger partial charge in [-0.05, 0) is 44.0 Å². The molecule has 1 aromatic rings. The number of nitrogens with zero attached hydrogens (tertiary/aromatic N) is 1. The molecule has 116 valence electrons. The molecular formula is C13H14F3NO3S. The summed E-state index contributed by atoms with van der Waals surface area (Å²) < 4.78 is 64.3. The van der Waals surface area contributed by atoms with E-state index in [2.05, 4.69) is 9.08 Å². The number of alkyl halides is 3. The highest BCUT2D eigenvalue weighted by Gasteiger charge is 2.50. The van der Waals surface area contributed by atoms with Crippen LogP contribution in [-0.4, -0.2) is 25.9 Å². The molecule has 0 spiro atoms. The predicted octanol–water partition coefficient (Wildman–Crippen LogP) is 3.04. The van der Waals surface area contributed by atoms with Crippen LogP contribution in [0.3, 0.4) is 0 Å². The summed E-state index contributed by atoms with van der Waals surface area (Å²) in [4.78, 5) is 2.06. The van der Waals surface area contributed by atoms with Crippen LogP contribution in [0.2, 0.25) is 0 Å². The van der Waals surface area contributed by atoms with Crippen molar-refractivity contribution in [3.63, 3.8) is 0 Å². The summed E-state index contributed by atoms with van der Waals surface area (Å²) in [5.74, 6) is -0.202. The van der Waals surface area contributed by atoms with Crippen LogP contribution in [0.1, 0.15) is 41.6 Å². The molecule has 2 unspecified atom stereocenters. The molecule has 0 aliphatic carbocycles. The second kappa shape index (κ2) is 4.36. The van der Waals surface area contributed by atoms with Crippen LogP contribution in [0.5, 0.6) is 5.75 Å². The van der Waals surface area contributed by atoms with Gasteiger partial charge in [0.05, 0.1) is 0 Å². The Morgan fingerprint density at radius 3 is 2.33 bits per heavy atom. The third-order valence-electron chi connectivity index (χ3n) is 4.31. The lowest BCUT2D eigenvalue weighted by Gasteiger charge is -2.19. The second-order valence-corrected chi connectivity index (χ2v) is 7.00. The highest BCUT2D eigenvalue weighted by Crippen LogP contribution is 2.56. The third kappa shape index (κ3) is 2.03. The van der Waals surface area contributed by atoms with Crippen molar-refractivity contribution < 1.29 is 25.8 Å². The van der Waals surface area contributed by atoms with E-state index in [0.29, 0.717) is 5.56 Å². The van der Waals surface area contributed by atoms with Crippen LogP contribution in [-0.2, 0) is 10.1 Å². The number of benzene rings is 1. The summed E-state index contributed by atoms with van der Waals surface area (Å²) in [6.45, 7) is 1.87. The SMILES string of the molecule is Cc1ccc(OS(=O)(=O)C(F)(F)F)c2c1C1CCC2N1C. The molecule has 0 N–H and O–H groups in total. The summed E-state index contributed by atoms with van der Waals surface area (Å²) >= 11 is 0. The molecule has 1 saturated heterocycles. The molecule has 2 heterocycles. The van der Waals surface area contributed by atoms with Gasteiger partial charge in [0.1, 0.15) is 5.75 Å². The molecule has 2 aliphatic heterocycles. The Balaban J connectivity index is 2.09. The lowest BCUT2D eigenvalue weighted by atomic mass is 9.88. The molecular weight excluding hydrogens is 307 g/mol. The summed E-state index contributed by atoms with van der Waals surface area (Å²) in [6.07, 6.45) is 1.71. The van der Waals surface area contributed by atoms with E-state index in [1.54, 1.807) is 6.07 Å². The van der Waals surface area contributed by atoms with Gasteiger partial charge in [-0.25, -0.2) is 0 Å². The zero-order valence-corrected chi connectivity index (χ0v) is 12.3. The average Bonchev–Trinajstić information content (AvgIpc) is 2.86. The molecule has 2 aliphatic rings. The molecule has 0 amide bonds. The molecule has 1 fully saturated rings. The number of rotatable bonds is 2. The highest BCUT2D eigenvalue weighted by molar-refractivity contribution is 7.88. The summed E-state index contributed by atoms with van der Waals surface area (Å²) in [5, 5.41) is 0. The van der Waals surface area contributed by atoms with Crippen molar-refractivity contribution in [1.29, 1.82) is 0 Å². The van der Waals surface area contributed by atoms with Crippen LogP contribution >= 0.6 is 0 Å². The molecule has 4 nitrogen and oxygen atoms in total. The first-order chi connectivity index (χ1) is 9.63. The topological polar surface area (TPSA) is 46.6 Å². The van der Waals surface area contributed by atoms with Gasteiger partial charge in [0.25, 0.3) is 0 Å². The minimum atomic E-state index is -5.64. The summed E-state index contributed by atoms with van der Waals surface area (Å²) in [7, 11) is -3.75. The van der Waals surface area contributed by atoms with E-state index in [0.717, 1.165) is 24.0 Å². The molecule has 21 heavy (non-hydrogen) atoms. The Morgan fingerprint density at radius 2 is 1.76 bits per heavy atom. The van der Waals surface area contributed by atoms with E-state index in [1.807, 2.05) is 14.0 Å². The minimum absolute atomic E-state index is 0.0802. The van der Waals surface area contributed by atoms with Crippen molar-refractivity contribution in [3.8, 4) is 5.75 Å². The van der Waals surface area contributed by atoms with Gasteiger partial charge < -0.3 is 4.18 Å². The van der Waals surface area contributed by atoms with Crippen LogP contribution in [0, 0.1) is 6.92 Å². The first kappa shape index (κ1) is 14.6. The molecule has 0 aromatic heterocycles. The Labute approximate surface area is 120 Å². The van der Waals surface area contributed by atoms with Gasteiger partial charge in [0.15, 0.2) is 0 Å². The van der Waals surface area contributed by atoms with Crippen molar-refractivity contribution in [2.24, 2.45) is 0 Å². The Morgan fingerprint density at radius 1 is 1.19 bits per heavy atom. The van der Waals surface area contributed by atoms with E-state index in [4.69, 9.17) is 0 Å². The quantitative estimate of drug-likeness (QED) is 0.620. The Hall–Kier alpha value is -1.28. The van der Waals surface area contributed by atoms with Gasteiger partial charge in [-0.1, -0.05) is 6.07 Å². The Bertz CT molecular complexity index is 699. The molecule has 2 bridgehead atoms. The first-order valence-corrected chi connectivity index (χ1v) is 7.90. The molecule has 0 saturated carbocycles. The lowest BCUT2D eigenvalue weighted by molar-refractivity contribution is -0.0500. The highest BCUT2D eigenvalue weighted by atomic mass is 32.2. The first-order valence-electron chi connectivity index (χ1n) is 6.49. The maximum absolute atomic E-state index is 12.5. The zero-order chi connectivity index (χ0) is 15.6. The fourth-order valence-electron chi connectivity index (χ4n) is 3.39. The van der Waals surface area contributed by atoms with Gasteiger partial charge in [-0.15, -0.1) is 0 Å². The fourth-order valence-corrected chi connectivity index (χ4v) is 3.86. The lowest BCUT2D eigenvalue weighted by Crippen LogP contribution is -2.28. The summed E-state index contributed by atoms with van der Waals surface area (Å²) in [6, 6.07) is 2.96. The molecule has 1 aromatic carbocycles. The number of fused-ring (bicyclic) bond motifs is 5. The maximum atomic E-state index is 12.5. The van der Waals surface area contributed by atoms with Crippen molar-refractivity contribution in [2.45, 2.75) is 37.4 Å². The molecule has 0 radical (unpaired) electrons. The number of halogens is 3. The van der Waals surface area contributed by atoms with Gasteiger partial charge in [-0.3, -0.25) is 4.90 Å². The standard InChI is InChI=1S/C13H14F3NO3S/c1-7-3-6-10(20-21(18,19)13(14,15)16)12-9-5-4-8(11(7)12)17(9)2/h3,6,8-9H,4-5H2,1-2H3. The van der Waals surface area contributed by atoms with E-state index in [9.17, 15) is 21.6 Å². The van der Waals surface area contributed by atoms with Crippen molar-refractivity contribution in [1.82, 2.24) is 4.90 Å². The number of hydrogen-bond donors (Lipinski definition) is 0. The summed E-state index contributed by atoms with van der Waals surface area (Å²) in [5.41, 5.74) is -2.99. The predicted molar refractivity (Wildman–Crippen MR) is 69.3 cm³/mol. The molecule has 2 atom stereocenters. The van der Waals surface area contributed by atoms with Gasteiger partial charge in [0.2, 0.25) is 0 Å². The number of aryl methyl sites for hydroxylation is 1. The molecule has 8 heteroatoms. The van der Waals surface area contributed by atoms with Crippen LogP contribution in [0.15, 0.2) is 12.1 Å². The zero-order valence-electron chi connectivity index (χ0n) is 11.4. The largest absolute Gasteiger partial charge is 0.534 e. The van der Waals surface area contributed by atoms with Crippen molar-refractivity contribution in [2.75, 3.05) is 7.05 Å². The van der Waals surface area contributed by atoms with Crippen LogP contribution < -0.4 is 4.18 Å². The van der Waals surface area contributed by atoms with Crippen LogP contribution in [0.25, 0.3) is 0 Å². The van der Waals surface area contributed by atoms with E-state index < -0.39 is 15.6 Å². The second-order valence-electron chi connectivity index (χ2n) is 5.47. The van der Waals surface area contributed by atoms with E-state index in [-0.39, 0.29) is 17.8 Å². The average molecular weight is 321 g/mol. The normalized spacial score (nSPS) is 25.2. The minimum Gasteiger partial charge on any atom is -0.376 e. The van der Waals surface area contributed by atoms with Crippen molar-refractivity contribution >= 4 is 10.1 Å². The third-order valence-corrected chi connectivity index (χ3v) is 5.28. The smallest absolute Gasteiger partial charge is 0.376 e. The Kier molecular flexibility index (Phi) is 3.04. The van der Waals surface area contributed by atoms with Crippen molar-refractivity contribution in [3.05, 3.63) is 28.8 Å². The monoisotopic (exact) mass is 321 g/mol. The van der Waals surface area contributed by atoms with Gasteiger partial charge in [0, 0.05) is 17.6 Å².